The molecule has 1 aromatic heterocycles. The van der Waals surface area contributed by atoms with Gasteiger partial charge in [-0.15, -0.1) is 0 Å². The molecule has 0 aliphatic carbocycles. The Labute approximate surface area is 109 Å². The standard InChI is InChI=1S/C11H14ClNO3S/c1-7(14)17-5-4-10(15)11(16)9-3-2-8(12)6-13-9/h2-3,6,10-11,15-16H,4-5H2,1H3. The van der Waals surface area contributed by atoms with Crippen LogP contribution in [0.2, 0.25) is 5.02 Å². The van der Waals surface area contributed by atoms with Crippen LogP contribution in [0.15, 0.2) is 18.3 Å². The maximum absolute atomic E-state index is 10.7. The van der Waals surface area contributed by atoms with Gasteiger partial charge >= 0.3 is 0 Å². The molecule has 1 rings (SSSR count). The Morgan fingerprint density at radius 1 is 1.53 bits per heavy atom. The number of nitrogens with zero attached hydrogens (tertiary/aromatic N) is 1. The van der Waals surface area contributed by atoms with Gasteiger partial charge in [0.25, 0.3) is 0 Å². The number of halogens is 1. The summed E-state index contributed by atoms with van der Waals surface area (Å²) < 4.78 is 0. The van der Waals surface area contributed by atoms with Crippen molar-refractivity contribution >= 4 is 28.5 Å². The number of hydrogen-bond donors (Lipinski definition) is 2. The Bertz CT molecular complexity index is 371. The van der Waals surface area contributed by atoms with E-state index in [9.17, 15) is 15.0 Å². The first-order valence-corrected chi connectivity index (χ1v) is 6.48. The first kappa shape index (κ1) is 14.4. The quantitative estimate of drug-likeness (QED) is 0.857. The van der Waals surface area contributed by atoms with Crippen molar-refractivity contribution in [3.63, 3.8) is 0 Å². The fourth-order valence-corrected chi connectivity index (χ4v) is 2.00. The van der Waals surface area contributed by atoms with E-state index in [1.54, 1.807) is 12.1 Å². The summed E-state index contributed by atoms with van der Waals surface area (Å²) >= 11 is 6.79. The van der Waals surface area contributed by atoms with Gasteiger partial charge in [-0.3, -0.25) is 9.78 Å². The predicted octanol–water partition coefficient (Wildman–Crippen LogP) is 1.80. The number of pyridine rings is 1. The van der Waals surface area contributed by atoms with Crippen LogP contribution in [-0.4, -0.2) is 32.2 Å². The third kappa shape index (κ3) is 5.04. The van der Waals surface area contributed by atoms with Crippen molar-refractivity contribution in [1.82, 2.24) is 4.98 Å². The molecule has 2 unspecified atom stereocenters. The lowest BCUT2D eigenvalue weighted by Crippen LogP contribution is -2.20. The van der Waals surface area contributed by atoms with E-state index < -0.39 is 12.2 Å². The number of carbonyl (C=O) groups excluding carboxylic acids is 1. The second-order valence-corrected chi connectivity index (χ2v) is 5.25. The van der Waals surface area contributed by atoms with E-state index in [1.165, 1.54) is 13.1 Å². The molecule has 2 N–H and O–H groups in total. The van der Waals surface area contributed by atoms with Crippen LogP contribution < -0.4 is 0 Å². The molecular weight excluding hydrogens is 262 g/mol. The highest BCUT2D eigenvalue weighted by Crippen LogP contribution is 2.19. The van der Waals surface area contributed by atoms with Crippen LogP contribution in [0.25, 0.3) is 0 Å². The Morgan fingerprint density at radius 2 is 2.24 bits per heavy atom. The molecule has 0 aliphatic rings. The van der Waals surface area contributed by atoms with Gasteiger partial charge in [0.15, 0.2) is 5.12 Å². The molecule has 6 heteroatoms. The summed E-state index contributed by atoms with van der Waals surface area (Å²) in [6, 6.07) is 3.17. The average Bonchev–Trinajstić information content (AvgIpc) is 2.28. The Kier molecular flexibility index (Phi) is 5.91. The van der Waals surface area contributed by atoms with Gasteiger partial charge in [-0.25, -0.2) is 0 Å². The Hall–Kier alpha value is -0.620. The van der Waals surface area contributed by atoms with Crippen LogP contribution in [0.4, 0.5) is 0 Å². The van der Waals surface area contributed by atoms with Crippen LogP contribution in [0.5, 0.6) is 0 Å². The van der Waals surface area contributed by atoms with E-state index in [0.717, 1.165) is 11.8 Å². The highest BCUT2D eigenvalue weighted by molar-refractivity contribution is 8.13. The number of aliphatic hydroxyl groups excluding tert-OH is 2. The Morgan fingerprint density at radius 3 is 2.76 bits per heavy atom. The van der Waals surface area contributed by atoms with Gasteiger partial charge in [0.2, 0.25) is 0 Å². The summed E-state index contributed by atoms with van der Waals surface area (Å²) in [5, 5.41) is 20.0. The zero-order valence-electron chi connectivity index (χ0n) is 9.34. The first-order chi connectivity index (χ1) is 8.00. The predicted molar refractivity (Wildman–Crippen MR) is 68.0 cm³/mol. The third-order valence-electron chi connectivity index (χ3n) is 2.14. The van der Waals surface area contributed by atoms with Crippen molar-refractivity contribution in [2.24, 2.45) is 0 Å². The second-order valence-electron chi connectivity index (χ2n) is 3.54. The Balaban J connectivity index is 2.48. The van der Waals surface area contributed by atoms with E-state index in [2.05, 4.69) is 4.98 Å². The maximum atomic E-state index is 10.7. The molecule has 0 fully saturated rings. The van der Waals surface area contributed by atoms with Crippen LogP contribution in [0, 0.1) is 0 Å². The molecule has 0 aromatic carbocycles. The van der Waals surface area contributed by atoms with Crippen LogP contribution in [0.1, 0.15) is 25.1 Å². The minimum absolute atomic E-state index is 0.00342. The van der Waals surface area contributed by atoms with Crippen LogP contribution >= 0.6 is 23.4 Å². The molecule has 0 bridgehead atoms. The molecule has 94 valence electrons. The SMILES string of the molecule is CC(=O)SCCC(O)C(O)c1ccc(Cl)cn1. The summed E-state index contributed by atoms with van der Waals surface area (Å²) in [6.07, 6.45) is -0.247. The molecule has 0 aliphatic heterocycles. The van der Waals surface area contributed by atoms with E-state index in [-0.39, 0.29) is 5.12 Å². The lowest BCUT2D eigenvalue weighted by Gasteiger charge is -2.16. The summed E-state index contributed by atoms with van der Waals surface area (Å²) in [5.41, 5.74) is 0.370. The van der Waals surface area contributed by atoms with Crippen molar-refractivity contribution in [3.8, 4) is 0 Å². The maximum Gasteiger partial charge on any atom is 0.185 e. The minimum Gasteiger partial charge on any atom is -0.390 e. The molecule has 2 atom stereocenters. The lowest BCUT2D eigenvalue weighted by atomic mass is 10.1. The van der Waals surface area contributed by atoms with E-state index in [4.69, 9.17) is 11.6 Å². The minimum atomic E-state index is -1.06. The van der Waals surface area contributed by atoms with Gasteiger partial charge in [0.1, 0.15) is 6.10 Å². The molecular formula is C11H14ClNO3S. The average molecular weight is 276 g/mol. The van der Waals surface area contributed by atoms with Crippen molar-refractivity contribution in [2.75, 3.05) is 5.75 Å². The van der Waals surface area contributed by atoms with Gasteiger partial charge < -0.3 is 10.2 Å². The summed E-state index contributed by atoms with van der Waals surface area (Å²) in [6.45, 7) is 1.47. The highest BCUT2D eigenvalue weighted by atomic mass is 35.5. The van der Waals surface area contributed by atoms with Gasteiger partial charge in [-0.2, -0.15) is 0 Å². The molecule has 0 amide bonds. The van der Waals surface area contributed by atoms with Gasteiger partial charge in [-0.1, -0.05) is 23.4 Å². The van der Waals surface area contributed by atoms with E-state index >= 15 is 0 Å². The number of aliphatic hydroxyl groups is 2. The smallest absolute Gasteiger partial charge is 0.185 e. The molecule has 0 saturated heterocycles. The zero-order valence-corrected chi connectivity index (χ0v) is 10.9. The lowest BCUT2D eigenvalue weighted by molar-refractivity contribution is -0.109. The van der Waals surface area contributed by atoms with Crippen molar-refractivity contribution in [3.05, 3.63) is 29.0 Å². The van der Waals surface area contributed by atoms with Crippen molar-refractivity contribution < 1.29 is 15.0 Å². The topological polar surface area (TPSA) is 70.4 Å². The third-order valence-corrected chi connectivity index (χ3v) is 3.21. The molecule has 1 heterocycles. The second kappa shape index (κ2) is 6.96. The molecule has 1 aromatic rings. The number of rotatable bonds is 5. The zero-order chi connectivity index (χ0) is 12.8. The van der Waals surface area contributed by atoms with Gasteiger partial charge in [-0.05, 0) is 18.6 Å². The first-order valence-electron chi connectivity index (χ1n) is 5.11. The molecule has 0 spiro atoms. The monoisotopic (exact) mass is 275 g/mol. The molecule has 0 saturated carbocycles. The largest absolute Gasteiger partial charge is 0.390 e. The van der Waals surface area contributed by atoms with Crippen molar-refractivity contribution in [2.45, 2.75) is 25.6 Å². The molecule has 4 nitrogen and oxygen atoms in total. The van der Waals surface area contributed by atoms with E-state index in [1.807, 2.05) is 0 Å². The van der Waals surface area contributed by atoms with E-state index in [0.29, 0.717) is 22.9 Å². The summed E-state index contributed by atoms with van der Waals surface area (Å²) in [5.74, 6) is 0.473. The molecule has 0 radical (unpaired) electrons. The number of aromatic nitrogens is 1. The van der Waals surface area contributed by atoms with Gasteiger partial charge in [0, 0.05) is 18.9 Å². The molecule has 17 heavy (non-hydrogen) atoms. The number of carbonyl (C=O) groups is 1. The fourth-order valence-electron chi connectivity index (χ4n) is 1.24. The number of hydrogen-bond acceptors (Lipinski definition) is 5. The van der Waals surface area contributed by atoms with Gasteiger partial charge in [0.05, 0.1) is 16.8 Å². The van der Waals surface area contributed by atoms with Crippen LogP contribution in [-0.2, 0) is 4.79 Å². The van der Waals surface area contributed by atoms with Crippen LogP contribution in [0.3, 0.4) is 0 Å². The summed E-state index contributed by atoms with van der Waals surface area (Å²) in [7, 11) is 0. The highest BCUT2D eigenvalue weighted by Gasteiger charge is 2.19. The number of thioether (sulfide) groups is 1. The normalized spacial score (nSPS) is 14.4. The van der Waals surface area contributed by atoms with Crippen molar-refractivity contribution in [1.29, 1.82) is 0 Å². The fraction of sp³-hybridized carbons (Fsp3) is 0.455. The summed E-state index contributed by atoms with van der Waals surface area (Å²) in [4.78, 5) is 14.6.